The second-order valence-electron chi connectivity index (χ2n) is 4.96. The maximum Gasteiger partial charge on any atom is 0.309 e. The number of benzene rings is 1. The van der Waals surface area contributed by atoms with E-state index < -0.39 is 0 Å². The quantitative estimate of drug-likeness (QED) is 0.745. The zero-order valence-corrected chi connectivity index (χ0v) is 10.4. The highest BCUT2D eigenvalue weighted by Gasteiger charge is 2.28. The molecule has 0 spiro atoms. The number of esters is 1. The Morgan fingerprint density at radius 1 is 1.24 bits per heavy atom. The van der Waals surface area contributed by atoms with Crippen LogP contribution in [0.4, 0.5) is 0 Å². The van der Waals surface area contributed by atoms with E-state index >= 15 is 0 Å². The summed E-state index contributed by atoms with van der Waals surface area (Å²) in [5.74, 6) is 0.584. The van der Waals surface area contributed by atoms with E-state index in [1.807, 2.05) is 30.3 Å². The van der Waals surface area contributed by atoms with Crippen LogP contribution in [-0.4, -0.2) is 5.97 Å². The van der Waals surface area contributed by atoms with Gasteiger partial charge in [0.1, 0.15) is 6.61 Å². The first-order valence-corrected chi connectivity index (χ1v) is 6.48. The summed E-state index contributed by atoms with van der Waals surface area (Å²) in [6.45, 7) is 2.57. The zero-order chi connectivity index (χ0) is 12.1. The van der Waals surface area contributed by atoms with Crippen LogP contribution < -0.4 is 0 Å². The van der Waals surface area contributed by atoms with E-state index in [2.05, 4.69) is 6.92 Å². The molecule has 0 aromatic heterocycles. The van der Waals surface area contributed by atoms with Gasteiger partial charge in [-0.15, -0.1) is 0 Å². The molecule has 2 heteroatoms. The van der Waals surface area contributed by atoms with Crippen molar-refractivity contribution < 1.29 is 9.53 Å². The molecular formula is C15H20O2. The Balaban J connectivity index is 1.84. The lowest BCUT2D eigenvalue weighted by Gasteiger charge is -2.26. The van der Waals surface area contributed by atoms with Crippen molar-refractivity contribution in [2.75, 3.05) is 0 Å². The normalized spacial score (nSPS) is 24.3. The van der Waals surface area contributed by atoms with Crippen LogP contribution >= 0.6 is 0 Å². The summed E-state index contributed by atoms with van der Waals surface area (Å²) < 4.78 is 5.40. The topological polar surface area (TPSA) is 26.3 Å². The van der Waals surface area contributed by atoms with Crippen molar-refractivity contribution in [3.8, 4) is 0 Å². The monoisotopic (exact) mass is 232 g/mol. The lowest BCUT2D eigenvalue weighted by Crippen LogP contribution is -2.27. The number of ether oxygens (including phenoxy) is 1. The van der Waals surface area contributed by atoms with Crippen LogP contribution in [0.5, 0.6) is 0 Å². The van der Waals surface area contributed by atoms with Gasteiger partial charge in [0.25, 0.3) is 0 Å². The van der Waals surface area contributed by atoms with Gasteiger partial charge < -0.3 is 4.74 Å². The Morgan fingerprint density at radius 2 is 1.94 bits per heavy atom. The molecule has 2 unspecified atom stereocenters. The number of hydrogen-bond acceptors (Lipinski definition) is 2. The minimum Gasteiger partial charge on any atom is -0.461 e. The Labute approximate surface area is 103 Å². The largest absolute Gasteiger partial charge is 0.461 e. The summed E-state index contributed by atoms with van der Waals surface area (Å²) in [6.07, 6.45) is 4.57. The highest BCUT2D eigenvalue weighted by Crippen LogP contribution is 2.30. The van der Waals surface area contributed by atoms with Gasteiger partial charge in [-0.25, -0.2) is 0 Å². The van der Waals surface area contributed by atoms with Crippen LogP contribution in [0, 0.1) is 11.8 Å². The van der Waals surface area contributed by atoms with Crippen molar-refractivity contribution in [3.63, 3.8) is 0 Å². The van der Waals surface area contributed by atoms with Gasteiger partial charge in [-0.1, -0.05) is 50.1 Å². The van der Waals surface area contributed by atoms with Crippen molar-refractivity contribution in [3.05, 3.63) is 35.9 Å². The van der Waals surface area contributed by atoms with Crippen molar-refractivity contribution in [2.24, 2.45) is 11.8 Å². The van der Waals surface area contributed by atoms with Gasteiger partial charge in [-0.05, 0) is 24.3 Å². The van der Waals surface area contributed by atoms with Gasteiger partial charge in [-0.2, -0.15) is 0 Å². The Bertz CT molecular complexity index is 358. The lowest BCUT2D eigenvalue weighted by molar-refractivity contribution is -0.152. The molecule has 1 fully saturated rings. The highest BCUT2D eigenvalue weighted by molar-refractivity contribution is 5.72. The Kier molecular flexibility index (Phi) is 4.18. The fraction of sp³-hybridized carbons (Fsp3) is 0.533. The van der Waals surface area contributed by atoms with Gasteiger partial charge in [0.15, 0.2) is 0 Å². The second kappa shape index (κ2) is 5.85. The standard InChI is InChI=1S/C15H20O2/c1-12-7-5-6-10-14(12)15(16)17-11-13-8-3-2-4-9-13/h2-4,8-9,12,14H,5-7,10-11H2,1H3. The molecule has 92 valence electrons. The molecule has 0 saturated heterocycles. The third-order valence-corrected chi connectivity index (χ3v) is 3.64. The van der Waals surface area contributed by atoms with Gasteiger partial charge in [-0.3, -0.25) is 4.79 Å². The van der Waals surface area contributed by atoms with E-state index in [1.165, 1.54) is 6.42 Å². The van der Waals surface area contributed by atoms with Crippen molar-refractivity contribution >= 4 is 5.97 Å². The van der Waals surface area contributed by atoms with Crippen molar-refractivity contribution in [2.45, 2.75) is 39.2 Å². The zero-order valence-electron chi connectivity index (χ0n) is 10.4. The van der Waals surface area contributed by atoms with E-state index in [0.29, 0.717) is 12.5 Å². The number of carbonyl (C=O) groups excluding carboxylic acids is 1. The summed E-state index contributed by atoms with van der Waals surface area (Å²) >= 11 is 0. The summed E-state index contributed by atoms with van der Waals surface area (Å²) in [4.78, 5) is 12.0. The van der Waals surface area contributed by atoms with E-state index in [9.17, 15) is 4.79 Å². The molecule has 2 nitrogen and oxygen atoms in total. The molecule has 0 amide bonds. The van der Waals surface area contributed by atoms with Gasteiger partial charge >= 0.3 is 5.97 Å². The molecule has 1 aromatic rings. The maximum absolute atomic E-state index is 12.0. The summed E-state index contributed by atoms with van der Waals surface area (Å²) in [5, 5.41) is 0. The SMILES string of the molecule is CC1CCCCC1C(=O)OCc1ccccc1. The first-order valence-electron chi connectivity index (χ1n) is 6.48. The van der Waals surface area contributed by atoms with Gasteiger partial charge in [0.2, 0.25) is 0 Å². The van der Waals surface area contributed by atoms with E-state index in [0.717, 1.165) is 24.8 Å². The van der Waals surface area contributed by atoms with Crippen LogP contribution in [0.15, 0.2) is 30.3 Å². The van der Waals surface area contributed by atoms with Gasteiger partial charge in [0, 0.05) is 0 Å². The smallest absolute Gasteiger partial charge is 0.309 e. The number of carbonyl (C=O) groups is 1. The highest BCUT2D eigenvalue weighted by atomic mass is 16.5. The first kappa shape index (κ1) is 12.2. The van der Waals surface area contributed by atoms with Crippen molar-refractivity contribution in [1.82, 2.24) is 0 Å². The molecule has 1 aliphatic rings. The van der Waals surface area contributed by atoms with Gasteiger partial charge in [0.05, 0.1) is 5.92 Å². The molecule has 1 saturated carbocycles. The minimum absolute atomic E-state index is 0.0129. The summed E-state index contributed by atoms with van der Waals surface area (Å²) in [6, 6.07) is 9.86. The molecule has 0 bridgehead atoms. The van der Waals surface area contributed by atoms with E-state index in [-0.39, 0.29) is 11.9 Å². The number of rotatable bonds is 3. The predicted molar refractivity (Wildman–Crippen MR) is 67.4 cm³/mol. The van der Waals surface area contributed by atoms with E-state index in [1.54, 1.807) is 0 Å². The molecule has 0 N–H and O–H groups in total. The molecule has 0 radical (unpaired) electrons. The Hall–Kier alpha value is -1.31. The average molecular weight is 232 g/mol. The summed E-state index contributed by atoms with van der Waals surface area (Å²) in [7, 11) is 0. The van der Waals surface area contributed by atoms with Crippen molar-refractivity contribution in [1.29, 1.82) is 0 Å². The molecule has 17 heavy (non-hydrogen) atoms. The van der Waals surface area contributed by atoms with E-state index in [4.69, 9.17) is 4.74 Å². The molecule has 1 aliphatic carbocycles. The fourth-order valence-corrected chi connectivity index (χ4v) is 2.50. The Morgan fingerprint density at radius 3 is 2.65 bits per heavy atom. The molecule has 2 atom stereocenters. The predicted octanol–water partition coefficient (Wildman–Crippen LogP) is 3.56. The van der Waals surface area contributed by atoms with Crippen LogP contribution in [0.2, 0.25) is 0 Å². The van der Waals surface area contributed by atoms with Crippen LogP contribution in [0.25, 0.3) is 0 Å². The third-order valence-electron chi connectivity index (χ3n) is 3.64. The van der Waals surface area contributed by atoms with Crippen LogP contribution in [-0.2, 0) is 16.1 Å². The number of hydrogen-bond donors (Lipinski definition) is 0. The summed E-state index contributed by atoms with van der Waals surface area (Å²) in [5.41, 5.74) is 1.06. The fourth-order valence-electron chi connectivity index (χ4n) is 2.50. The lowest BCUT2D eigenvalue weighted by atomic mass is 9.80. The minimum atomic E-state index is -0.0129. The average Bonchev–Trinajstić information content (AvgIpc) is 2.38. The molecule has 2 rings (SSSR count). The molecular weight excluding hydrogens is 212 g/mol. The third kappa shape index (κ3) is 3.32. The van der Waals surface area contributed by atoms with Crippen LogP contribution in [0.1, 0.15) is 38.2 Å². The second-order valence-corrected chi connectivity index (χ2v) is 4.96. The maximum atomic E-state index is 12.0. The molecule has 1 aromatic carbocycles. The first-order chi connectivity index (χ1) is 8.27. The molecule has 0 heterocycles. The molecule has 0 aliphatic heterocycles. The van der Waals surface area contributed by atoms with Crippen LogP contribution in [0.3, 0.4) is 0 Å².